The highest BCUT2D eigenvalue weighted by atomic mass is 35.5. The maximum absolute atomic E-state index is 13.6. The predicted molar refractivity (Wildman–Crippen MR) is 147 cm³/mol. The molecule has 200 valence electrons. The lowest BCUT2D eigenvalue weighted by molar-refractivity contribution is -0.146. The van der Waals surface area contributed by atoms with Crippen molar-refractivity contribution in [3.8, 4) is 0 Å². The zero-order chi connectivity index (χ0) is 26.7. The van der Waals surface area contributed by atoms with E-state index in [0.717, 1.165) is 16.3 Å². The average Bonchev–Trinajstić information content (AvgIpc) is 3.27. The van der Waals surface area contributed by atoms with Crippen LogP contribution in [0.3, 0.4) is 0 Å². The molecule has 0 unspecified atom stereocenters. The van der Waals surface area contributed by atoms with Crippen LogP contribution < -0.4 is 0 Å². The molecule has 0 N–H and O–H groups in total. The molecule has 1 heterocycles. The van der Waals surface area contributed by atoms with E-state index in [1.54, 1.807) is 4.90 Å². The number of aromatic nitrogens is 1. The molecule has 0 saturated heterocycles. The minimum atomic E-state index is -0.750. The monoisotopic (exact) mass is 537 g/mol. The van der Waals surface area contributed by atoms with Crippen molar-refractivity contribution in [2.45, 2.75) is 54.1 Å². The van der Waals surface area contributed by atoms with E-state index in [4.69, 9.17) is 27.9 Å². The van der Waals surface area contributed by atoms with Crippen LogP contribution in [0.5, 0.6) is 0 Å². The third-order valence-corrected chi connectivity index (χ3v) is 7.00. The number of hydrogen-bond acceptors (Lipinski definition) is 3. The molecule has 0 aliphatic rings. The Hall–Kier alpha value is -2.02. The summed E-state index contributed by atoms with van der Waals surface area (Å²) in [5, 5.41) is 0.718. The second-order valence-corrected chi connectivity index (χ2v) is 10.9. The lowest BCUT2D eigenvalue weighted by Crippen LogP contribution is -2.48. The lowest BCUT2D eigenvalue weighted by atomic mass is 9.94. The summed E-state index contributed by atoms with van der Waals surface area (Å²) in [6.07, 6.45) is 2.67. The number of hydrogen-bond donors (Lipinski definition) is 0. The Balaban J connectivity index is 2.20. The van der Waals surface area contributed by atoms with Gasteiger partial charge in [-0.2, -0.15) is 0 Å². The highest BCUT2D eigenvalue weighted by molar-refractivity contribution is 6.31. The summed E-state index contributed by atoms with van der Waals surface area (Å²) in [6, 6.07) is 11.8. The molecule has 0 atom stereocenters. The van der Waals surface area contributed by atoms with Crippen LogP contribution in [0.25, 0.3) is 0 Å². The molecule has 2 amide bonds. The topological polar surface area (TPSA) is 54.8 Å². The van der Waals surface area contributed by atoms with E-state index in [9.17, 15) is 9.59 Å². The Labute approximate surface area is 226 Å². The normalized spacial score (nSPS) is 11.7. The molecular formula is C28H41Cl2N3O3. The number of alkyl halides is 1. The number of benzene rings is 1. The third-order valence-electron chi connectivity index (χ3n) is 5.96. The first-order chi connectivity index (χ1) is 17.1. The fourth-order valence-corrected chi connectivity index (χ4v) is 4.26. The first-order valence-corrected chi connectivity index (χ1v) is 13.6. The zero-order valence-corrected chi connectivity index (χ0v) is 23.8. The molecule has 0 bridgehead atoms. The lowest BCUT2D eigenvalue weighted by Gasteiger charge is -2.33. The molecule has 1 aromatic carbocycles. The van der Waals surface area contributed by atoms with Crippen LogP contribution >= 0.6 is 23.2 Å². The van der Waals surface area contributed by atoms with Gasteiger partial charge in [0.25, 0.3) is 0 Å². The first-order valence-electron chi connectivity index (χ1n) is 12.7. The molecule has 36 heavy (non-hydrogen) atoms. The fraction of sp³-hybridized carbons (Fsp3) is 0.571. The zero-order valence-electron chi connectivity index (χ0n) is 22.3. The van der Waals surface area contributed by atoms with E-state index in [1.807, 2.05) is 68.3 Å². The van der Waals surface area contributed by atoms with Crippen molar-refractivity contribution < 1.29 is 14.3 Å². The van der Waals surface area contributed by atoms with Gasteiger partial charge in [-0.15, -0.1) is 11.6 Å². The molecule has 0 fully saturated rings. The standard InChI is InChI=1S/C28H41Cl2N3O3/c1-6-36-16-10-15-32(27(35)28(4,5)21-29)20-26(34)33(17-22(2)3)19-24-12-9-14-31(24)18-23-11-7-8-13-25(23)30/h7-9,11-14,22H,6,10,15-21H2,1-5H3. The highest BCUT2D eigenvalue weighted by Gasteiger charge is 2.33. The number of carbonyl (C=O) groups is 2. The molecule has 0 radical (unpaired) electrons. The Bertz CT molecular complexity index is 974. The summed E-state index contributed by atoms with van der Waals surface area (Å²) in [4.78, 5) is 30.3. The molecule has 2 rings (SSSR count). The van der Waals surface area contributed by atoms with Gasteiger partial charge in [-0.05, 0) is 56.9 Å². The minimum Gasteiger partial charge on any atom is -0.382 e. The van der Waals surface area contributed by atoms with Crippen LogP contribution in [0, 0.1) is 11.3 Å². The smallest absolute Gasteiger partial charge is 0.242 e. The Morgan fingerprint density at radius 3 is 2.47 bits per heavy atom. The largest absolute Gasteiger partial charge is 0.382 e. The van der Waals surface area contributed by atoms with Gasteiger partial charge < -0.3 is 19.1 Å². The van der Waals surface area contributed by atoms with Crippen molar-refractivity contribution in [1.29, 1.82) is 0 Å². The van der Waals surface area contributed by atoms with Crippen molar-refractivity contribution in [3.05, 3.63) is 58.9 Å². The summed E-state index contributed by atoms with van der Waals surface area (Å²) in [6.45, 7) is 13.0. The van der Waals surface area contributed by atoms with Gasteiger partial charge >= 0.3 is 0 Å². The maximum Gasteiger partial charge on any atom is 0.242 e. The molecule has 0 aliphatic heterocycles. The van der Waals surface area contributed by atoms with Crippen molar-refractivity contribution >= 4 is 35.0 Å². The molecule has 0 spiro atoms. The quantitative estimate of drug-likeness (QED) is 0.216. The average molecular weight is 539 g/mol. The molecule has 0 aliphatic carbocycles. The Morgan fingerprint density at radius 2 is 1.83 bits per heavy atom. The number of ether oxygens (including phenoxy) is 1. The van der Waals surface area contributed by atoms with Crippen molar-refractivity contribution in [2.24, 2.45) is 11.3 Å². The number of rotatable bonds is 15. The molecule has 1 aromatic heterocycles. The van der Waals surface area contributed by atoms with Gasteiger partial charge in [0, 0.05) is 55.6 Å². The molecule has 0 saturated carbocycles. The third kappa shape index (κ3) is 9.13. The van der Waals surface area contributed by atoms with Gasteiger partial charge in [0.05, 0.1) is 18.5 Å². The molecular weight excluding hydrogens is 497 g/mol. The Morgan fingerprint density at radius 1 is 1.11 bits per heavy atom. The summed E-state index contributed by atoms with van der Waals surface area (Å²) in [5.74, 6) is 0.272. The SMILES string of the molecule is CCOCCCN(CC(=O)N(Cc1cccn1Cc1ccccc1Cl)CC(C)C)C(=O)C(C)(C)CCl. The first kappa shape index (κ1) is 30.2. The van der Waals surface area contributed by atoms with E-state index < -0.39 is 5.41 Å². The second kappa shape index (κ2) is 14.7. The summed E-state index contributed by atoms with van der Waals surface area (Å²) in [7, 11) is 0. The van der Waals surface area contributed by atoms with Crippen LogP contribution in [-0.4, -0.2) is 64.9 Å². The molecule has 8 heteroatoms. The summed E-state index contributed by atoms with van der Waals surface area (Å²) in [5.41, 5.74) is 1.28. The van der Waals surface area contributed by atoms with E-state index in [1.165, 1.54) is 0 Å². The minimum absolute atomic E-state index is 0.0171. The van der Waals surface area contributed by atoms with Gasteiger partial charge in [-0.1, -0.05) is 43.6 Å². The second-order valence-electron chi connectivity index (χ2n) is 10.2. The van der Waals surface area contributed by atoms with E-state index in [2.05, 4.69) is 18.4 Å². The van der Waals surface area contributed by atoms with Crippen molar-refractivity contribution in [2.75, 3.05) is 38.7 Å². The predicted octanol–water partition coefficient (Wildman–Crippen LogP) is 5.69. The van der Waals surface area contributed by atoms with Crippen LogP contribution in [0.15, 0.2) is 42.6 Å². The van der Waals surface area contributed by atoms with Crippen LogP contribution in [-0.2, 0) is 27.4 Å². The fourth-order valence-electron chi connectivity index (χ4n) is 3.95. The van der Waals surface area contributed by atoms with Crippen molar-refractivity contribution in [1.82, 2.24) is 14.4 Å². The van der Waals surface area contributed by atoms with Gasteiger partial charge in [0.2, 0.25) is 11.8 Å². The van der Waals surface area contributed by atoms with E-state index in [0.29, 0.717) is 45.8 Å². The summed E-state index contributed by atoms with van der Waals surface area (Å²) < 4.78 is 7.56. The van der Waals surface area contributed by atoms with Gasteiger partial charge in [-0.3, -0.25) is 9.59 Å². The number of nitrogens with zero attached hydrogens (tertiary/aromatic N) is 3. The number of halogens is 2. The van der Waals surface area contributed by atoms with Gasteiger partial charge in [0.1, 0.15) is 0 Å². The highest BCUT2D eigenvalue weighted by Crippen LogP contribution is 2.22. The molecule has 2 aromatic rings. The number of amides is 2. The van der Waals surface area contributed by atoms with E-state index in [-0.39, 0.29) is 30.2 Å². The van der Waals surface area contributed by atoms with Crippen molar-refractivity contribution in [3.63, 3.8) is 0 Å². The number of carbonyl (C=O) groups excluding carboxylic acids is 2. The van der Waals surface area contributed by atoms with Crippen LogP contribution in [0.1, 0.15) is 52.3 Å². The summed E-state index contributed by atoms with van der Waals surface area (Å²) >= 11 is 12.5. The maximum atomic E-state index is 13.6. The van der Waals surface area contributed by atoms with Crippen LogP contribution in [0.4, 0.5) is 0 Å². The van der Waals surface area contributed by atoms with E-state index >= 15 is 0 Å². The Kier molecular flexibility index (Phi) is 12.3. The van der Waals surface area contributed by atoms with Crippen LogP contribution in [0.2, 0.25) is 5.02 Å². The van der Waals surface area contributed by atoms with Gasteiger partial charge in [-0.25, -0.2) is 0 Å². The molecule has 6 nitrogen and oxygen atoms in total. The van der Waals surface area contributed by atoms with Gasteiger partial charge in [0.15, 0.2) is 0 Å².